The van der Waals surface area contributed by atoms with E-state index in [1.165, 1.54) is 12.1 Å². The van der Waals surface area contributed by atoms with Crippen molar-refractivity contribution >= 4 is 55.1 Å². The van der Waals surface area contributed by atoms with E-state index in [-0.39, 0.29) is 27.9 Å². The first-order valence-electron chi connectivity index (χ1n) is 6.05. The molecule has 1 heterocycles. The van der Waals surface area contributed by atoms with E-state index in [2.05, 4.69) is 15.9 Å². The molecule has 1 aromatic rings. The molecule has 116 valence electrons. The number of nitrogens with zero attached hydrogens (tertiary/aromatic N) is 1. The van der Waals surface area contributed by atoms with Gasteiger partial charge < -0.3 is 5.11 Å². The van der Waals surface area contributed by atoms with Gasteiger partial charge in [0.25, 0.3) is 0 Å². The van der Waals surface area contributed by atoms with Crippen molar-refractivity contribution in [2.75, 3.05) is 6.54 Å². The van der Waals surface area contributed by atoms with Crippen LogP contribution in [0.4, 0.5) is 0 Å². The molecular weight excluding hydrogens is 405 g/mol. The zero-order chi connectivity index (χ0) is 15.9. The molecule has 1 fully saturated rings. The van der Waals surface area contributed by atoms with Gasteiger partial charge >= 0.3 is 5.97 Å². The zero-order valence-corrected chi connectivity index (χ0v) is 14.8. The van der Waals surface area contributed by atoms with Gasteiger partial charge in [-0.2, -0.15) is 4.31 Å². The predicted octanol–water partition coefficient (Wildman–Crippen LogP) is 3.24. The first-order chi connectivity index (χ1) is 9.66. The summed E-state index contributed by atoms with van der Waals surface area (Å²) in [4.78, 5) is 10.9. The summed E-state index contributed by atoms with van der Waals surface area (Å²) < 4.78 is 27.1. The number of rotatable bonds is 3. The molecule has 9 heteroatoms. The highest BCUT2D eigenvalue weighted by Gasteiger charge is 2.43. The van der Waals surface area contributed by atoms with E-state index in [0.29, 0.717) is 4.47 Å². The lowest BCUT2D eigenvalue weighted by Crippen LogP contribution is -2.37. The van der Waals surface area contributed by atoms with Gasteiger partial charge in [0.1, 0.15) is 4.90 Å². The summed E-state index contributed by atoms with van der Waals surface area (Å²) in [5.74, 6) is -1.74. The Hall–Kier alpha value is -0.340. The van der Waals surface area contributed by atoms with Crippen LogP contribution in [-0.4, -0.2) is 36.4 Å². The van der Waals surface area contributed by atoms with Gasteiger partial charge in [-0.1, -0.05) is 39.1 Å². The molecule has 0 saturated carbocycles. The van der Waals surface area contributed by atoms with Crippen molar-refractivity contribution in [2.24, 2.45) is 5.92 Å². The Morgan fingerprint density at radius 2 is 1.90 bits per heavy atom. The van der Waals surface area contributed by atoms with Gasteiger partial charge in [0, 0.05) is 17.1 Å². The van der Waals surface area contributed by atoms with Crippen LogP contribution in [0.25, 0.3) is 0 Å². The molecule has 21 heavy (non-hydrogen) atoms. The summed E-state index contributed by atoms with van der Waals surface area (Å²) in [7, 11) is -3.95. The van der Waals surface area contributed by atoms with Crippen molar-refractivity contribution in [3.05, 3.63) is 26.7 Å². The first kappa shape index (κ1) is 17.0. The van der Waals surface area contributed by atoms with Crippen LogP contribution in [0.2, 0.25) is 10.0 Å². The van der Waals surface area contributed by atoms with Crippen LogP contribution in [0.5, 0.6) is 0 Å². The summed E-state index contributed by atoms with van der Waals surface area (Å²) in [6.45, 7) is 1.70. The number of aliphatic carboxylic acids is 1. The van der Waals surface area contributed by atoms with Gasteiger partial charge in [-0.15, -0.1) is 0 Å². The Morgan fingerprint density at radius 3 is 2.33 bits per heavy atom. The van der Waals surface area contributed by atoms with E-state index in [0.717, 1.165) is 4.31 Å². The number of hydrogen-bond donors (Lipinski definition) is 1. The molecule has 0 radical (unpaired) electrons. The van der Waals surface area contributed by atoms with Crippen LogP contribution in [-0.2, 0) is 14.8 Å². The van der Waals surface area contributed by atoms with E-state index in [9.17, 15) is 13.2 Å². The summed E-state index contributed by atoms with van der Waals surface area (Å²) in [5, 5.41) is 9.10. The second-order valence-electron chi connectivity index (χ2n) is 4.79. The van der Waals surface area contributed by atoms with Crippen molar-refractivity contribution in [1.29, 1.82) is 0 Å². The molecule has 1 aromatic carbocycles. The molecule has 1 N–H and O–H groups in total. The quantitative estimate of drug-likeness (QED) is 0.820. The molecule has 1 saturated heterocycles. The Bertz CT molecular complexity index is 671. The lowest BCUT2D eigenvalue weighted by Gasteiger charge is -2.23. The van der Waals surface area contributed by atoms with Gasteiger partial charge in [-0.3, -0.25) is 4.79 Å². The van der Waals surface area contributed by atoms with Crippen LogP contribution in [0.3, 0.4) is 0 Å². The molecule has 2 unspecified atom stereocenters. The van der Waals surface area contributed by atoms with Gasteiger partial charge in [0.05, 0.1) is 16.0 Å². The largest absolute Gasteiger partial charge is 0.481 e. The molecular formula is C12H12BrCl2NO4S. The topological polar surface area (TPSA) is 74.7 Å². The van der Waals surface area contributed by atoms with Crippen LogP contribution in [0, 0.1) is 5.92 Å². The molecule has 0 spiro atoms. The standard InChI is InChI=1S/C12H12BrCl2NO4S/c1-6-8(12(17)18)2-3-16(6)21(19,20)11-9(14)4-7(13)5-10(11)15/h4-6,8H,2-3H2,1H3,(H,17,18). The van der Waals surface area contributed by atoms with E-state index in [1.54, 1.807) is 6.92 Å². The van der Waals surface area contributed by atoms with E-state index in [4.69, 9.17) is 28.3 Å². The lowest BCUT2D eigenvalue weighted by atomic mass is 10.0. The molecule has 1 aliphatic rings. The Balaban J connectivity index is 2.47. The van der Waals surface area contributed by atoms with Crippen LogP contribution >= 0.6 is 39.1 Å². The molecule has 0 aromatic heterocycles. The maximum Gasteiger partial charge on any atom is 0.308 e. The van der Waals surface area contributed by atoms with Crippen molar-refractivity contribution in [1.82, 2.24) is 4.31 Å². The Morgan fingerprint density at radius 1 is 1.38 bits per heavy atom. The average molecular weight is 417 g/mol. The van der Waals surface area contributed by atoms with Crippen LogP contribution in [0.15, 0.2) is 21.5 Å². The SMILES string of the molecule is CC1C(C(=O)O)CCN1S(=O)(=O)c1c(Cl)cc(Br)cc1Cl. The summed E-state index contributed by atoms with van der Waals surface area (Å²) in [6.07, 6.45) is 0.265. The number of carboxylic acids is 1. The second kappa shape index (κ2) is 6.04. The normalized spacial score (nSPS) is 23.4. The van der Waals surface area contributed by atoms with Gasteiger partial charge in [-0.25, -0.2) is 8.42 Å². The smallest absolute Gasteiger partial charge is 0.308 e. The van der Waals surface area contributed by atoms with Crippen molar-refractivity contribution in [3.63, 3.8) is 0 Å². The van der Waals surface area contributed by atoms with E-state index >= 15 is 0 Å². The summed E-state index contributed by atoms with van der Waals surface area (Å²) in [5.41, 5.74) is 0. The monoisotopic (exact) mass is 415 g/mol. The maximum absolute atomic E-state index is 12.7. The van der Waals surface area contributed by atoms with Crippen molar-refractivity contribution < 1.29 is 18.3 Å². The molecule has 0 bridgehead atoms. The van der Waals surface area contributed by atoms with Gasteiger partial charge in [0.2, 0.25) is 10.0 Å². The van der Waals surface area contributed by atoms with Crippen molar-refractivity contribution in [2.45, 2.75) is 24.3 Å². The minimum atomic E-state index is -3.95. The second-order valence-corrected chi connectivity index (χ2v) is 8.35. The van der Waals surface area contributed by atoms with Gasteiger partial charge in [-0.05, 0) is 25.5 Å². The fraction of sp³-hybridized carbons (Fsp3) is 0.417. The average Bonchev–Trinajstić information content (AvgIpc) is 2.69. The third kappa shape index (κ3) is 3.07. The first-order valence-corrected chi connectivity index (χ1v) is 9.04. The molecule has 5 nitrogen and oxygen atoms in total. The lowest BCUT2D eigenvalue weighted by molar-refractivity contribution is -0.142. The number of carbonyl (C=O) groups is 1. The molecule has 0 amide bonds. The summed E-state index contributed by atoms with van der Waals surface area (Å²) in [6, 6.07) is 2.23. The fourth-order valence-corrected chi connectivity index (χ4v) is 6.04. The Kier molecular flexibility index (Phi) is 4.90. The molecule has 2 atom stereocenters. The molecule has 1 aliphatic heterocycles. The van der Waals surface area contributed by atoms with E-state index in [1.807, 2.05) is 0 Å². The summed E-state index contributed by atoms with van der Waals surface area (Å²) >= 11 is 15.2. The number of sulfonamides is 1. The minimum Gasteiger partial charge on any atom is -0.481 e. The predicted molar refractivity (Wildman–Crippen MR) is 83.3 cm³/mol. The fourth-order valence-electron chi connectivity index (χ4n) is 2.47. The number of benzene rings is 1. The van der Waals surface area contributed by atoms with Crippen LogP contribution < -0.4 is 0 Å². The highest BCUT2D eigenvalue weighted by molar-refractivity contribution is 9.10. The van der Waals surface area contributed by atoms with Crippen LogP contribution in [0.1, 0.15) is 13.3 Å². The van der Waals surface area contributed by atoms with E-state index < -0.39 is 28.0 Å². The third-order valence-corrected chi connectivity index (χ3v) is 6.91. The van der Waals surface area contributed by atoms with Gasteiger partial charge in [0.15, 0.2) is 0 Å². The third-order valence-electron chi connectivity index (χ3n) is 3.54. The van der Waals surface area contributed by atoms with Crippen molar-refractivity contribution in [3.8, 4) is 0 Å². The number of halogens is 3. The minimum absolute atomic E-state index is 0.000324. The Labute approximate surface area is 141 Å². The molecule has 0 aliphatic carbocycles. The maximum atomic E-state index is 12.7. The highest BCUT2D eigenvalue weighted by atomic mass is 79.9. The zero-order valence-electron chi connectivity index (χ0n) is 10.9. The molecule has 2 rings (SSSR count). The highest BCUT2D eigenvalue weighted by Crippen LogP contribution is 2.38. The number of carboxylic acid groups (broad SMARTS) is 1. The number of hydrogen-bond acceptors (Lipinski definition) is 3.